The first-order valence-corrected chi connectivity index (χ1v) is 11.1. The summed E-state index contributed by atoms with van der Waals surface area (Å²) in [6.45, 7) is 2.68. The molecule has 1 amide bonds. The van der Waals surface area contributed by atoms with Crippen molar-refractivity contribution in [3.63, 3.8) is 0 Å². The van der Waals surface area contributed by atoms with E-state index < -0.39 is 0 Å². The second-order valence-corrected chi connectivity index (χ2v) is 9.49. The molecular formula is C21H27N3O2S. The van der Waals surface area contributed by atoms with Gasteiger partial charge >= 0.3 is 0 Å². The number of hydrogen-bond donors (Lipinski definition) is 1. The minimum absolute atomic E-state index is 0.169. The molecule has 27 heavy (non-hydrogen) atoms. The molecule has 1 aromatic heterocycles. The molecule has 144 valence electrons. The molecule has 1 atom stereocenters. The fourth-order valence-corrected chi connectivity index (χ4v) is 6.23. The molecule has 0 bridgehead atoms. The lowest BCUT2D eigenvalue weighted by atomic mass is 9.78. The number of thiazole rings is 1. The van der Waals surface area contributed by atoms with Crippen LogP contribution in [0, 0.1) is 5.41 Å². The summed E-state index contributed by atoms with van der Waals surface area (Å²) in [6.07, 6.45) is 6.41. The predicted octanol–water partition coefficient (Wildman–Crippen LogP) is 3.42. The summed E-state index contributed by atoms with van der Waals surface area (Å²) in [4.78, 5) is 22.8. The van der Waals surface area contributed by atoms with Crippen molar-refractivity contribution in [3.05, 3.63) is 24.3 Å². The highest BCUT2D eigenvalue weighted by Crippen LogP contribution is 2.44. The van der Waals surface area contributed by atoms with Crippen molar-refractivity contribution >= 4 is 32.6 Å². The predicted molar refractivity (Wildman–Crippen MR) is 108 cm³/mol. The highest BCUT2D eigenvalue weighted by Gasteiger charge is 2.50. The molecule has 3 fully saturated rings. The first-order chi connectivity index (χ1) is 13.1. The zero-order valence-corrected chi connectivity index (χ0v) is 16.5. The minimum atomic E-state index is -0.230. The molecule has 5 nitrogen and oxygen atoms in total. The number of hydrogen-bond acceptors (Lipinski definition) is 5. The lowest BCUT2D eigenvalue weighted by Crippen LogP contribution is -2.50. The Labute approximate surface area is 164 Å². The molecule has 3 heterocycles. The third-order valence-electron chi connectivity index (χ3n) is 6.78. The number of para-hydroxylation sites is 1. The van der Waals surface area contributed by atoms with Gasteiger partial charge in [0.1, 0.15) is 0 Å². The van der Waals surface area contributed by atoms with Gasteiger partial charge in [-0.05, 0) is 57.1 Å². The first kappa shape index (κ1) is 17.4. The molecule has 2 aliphatic heterocycles. The maximum atomic E-state index is 13.4. The summed E-state index contributed by atoms with van der Waals surface area (Å²) in [5, 5.41) is 10.8. The number of fused-ring (bicyclic) bond motifs is 1. The van der Waals surface area contributed by atoms with Crippen LogP contribution in [0.25, 0.3) is 10.2 Å². The van der Waals surface area contributed by atoms with Crippen LogP contribution >= 0.6 is 11.3 Å². The molecule has 0 unspecified atom stereocenters. The van der Waals surface area contributed by atoms with E-state index in [2.05, 4.69) is 28.0 Å². The fraction of sp³-hybridized carbons (Fsp3) is 0.619. The van der Waals surface area contributed by atoms with Crippen LogP contribution < -0.4 is 4.90 Å². The summed E-state index contributed by atoms with van der Waals surface area (Å²) >= 11 is 1.74. The van der Waals surface area contributed by atoms with Crippen molar-refractivity contribution in [2.24, 2.45) is 5.41 Å². The van der Waals surface area contributed by atoms with E-state index in [9.17, 15) is 9.90 Å². The Morgan fingerprint density at radius 3 is 2.74 bits per heavy atom. The van der Waals surface area contributed by atoms with Gasteiger partial charge in [0.2, 0.25) is 5.91 Å². The number of benzene rings is 1. The van der Waals surface area contributed by atoms with Crippen molar-refractivity contribution in [1.82, 2.24) is 9.88 Å². The normalized spacial score (nSPS) is 32.0. The number of rotatable bonds is 2. The van der Waals surface area contributed by atoms with Crippen LogP contribution in [-0.4, -0.2) is 52.7 Å². The third-order valence-corrected chi connectivity index (χ3v) is 7.88. The Morgan fingerprint density at radius 1 is 1.11 bits per heavy atom. The molecule has 2 saturated heterocycles. The standard InChI is InChI=1S/C21H27N3O2S/c25-16-8-6-15(7-9-16)24-13-11-21(19(24)26)10-3-12-23(14-21)20-22-17-4-1-2-5-18(17)27-20/h1-2,4-5,15-16,25H,3,6-14H2/t15?,16?,21-/m1/s1. The Hall–Kier alpha value is -1.66. The average molecular weight is 386 g/mol. The van der Waals surface area contributed by atoms with E-state index >= 15 is 0 Å². The molecule has 1 aromatic carbocycles. The zero-order chi connectivity index (χ0) is 18.4. The van der Waals surface area contributed by atoms with E-state index in [-0.39, 0.29) is 11.5 Å². The highest BCUT2D eigenvalue weighted by molar-refractivity contribution is 7.22. The molecule has 2 aromatic rings. The highest BCUT2D eigenvalue weighted by atomic mass is 32.1. The van der Waals surface area contributed by atoms with Crippen molar-refractivity contribution in [2.45, 2.75) is 57.1 Å². The summed E-state index contributed by atoms with van der Waals surface area (Å²) in [6, 6.07) is 8.61. The summed E-state index contributed by atoms with van der Waals surface area (Å²) in [7, 11) is 0. The molecular weight excluding hydrogens is 358 g/mol. The second-order valence-electron chi connectivity index (χ2n) is 8.48. The van der Waals surface area contributed by atoms with Gasteiger partial charge in [0.05, 0.1) is 21.7 Å². The van der Waals surface area contributed by atoms with Gasteiger partial charge in [0.25, 0.3) is 0 Å². The van der Waals surface area contributed by atoms with E-state index in [4.69, 9.17) is 4.98 Å². The maximum Gasteiger partial charge on any atom is 0.230 e. The van der Waals surface area contributed by atoms with Crippen LogP contribution in [0.1, 0.15) is 44.9 Å². The third kappa shape index (κ3) is 3.03. The topological polar surface area (TPSA) is 56.7 Å². The van der Waals surface area contributed by atoms with Crippen LogP contribution in [0.2, 0.25) is 0 Å². The first-order valence-electron chi connectivity index (χ1n) is 10.2. The van der Waals surface area contributed by atoms with Gasteiger partial charge in [0.15, 0.2) is 5.13 Å². The Bertz CT molecular complexity index is 812. The van der Waals surface area contributed by atoms with Gasteiger partial charge in [-0.2, -0.15) is 0 Å². The largest absolute Gasteiger partial charge is 0.393 e. The second kappa shape index (κ2) is 6.74. The number of anilines is 1. The van der Waals surface area contributed by atoms with Gasteiger partial charge in [-0.25, -0.2) is 4.98 Å². The van der Waals surface area contributed by atoms with Gasteiger partial charge in [-0.3, -0.25) is 4.79 Å². The van der Waals surface area contributed by atoms with Crippen LogP contribution in [0.4, 0.5) is 5.13 Å². The van der Waals surface area contributed by atoms with Gasteiger partial charge in [0, 0.05) is 25.7 Å². The van der Waals surface area contributed by atoms with Gasteiger partial charge < -0.3 is 14.9 Å². The number of nitrogens with zero attached hydrogens (tertiary/aromatic N) is 3. The van der Waals surface area contributed by atoms with Crippen LogP contribution in [0.15, 0.2) is 24.3 Å². The Morgan fingerprint density at radius 2 is 1.93 bits per heavy atom. The molecule has 1 spiro atoms. The number of aliphatic hydroxyl groups excluding tert-OH is 1. The smallest absolute Gasteiger partial charge is 0.230 e. The SMILES string of the molecule is O=C1N(C2CCC(O)CC2)CC[C@@]12CCCN(c1nc3ccccc3s1)C2. The molecule has 0 radical (unpaired) electrons. The zero-order valence-electron chi connectivity index (χ0n) is 15.6. The number of aromatic nitrogens is 1. The van der Waals surface area contributed by atoms with Gasteiger partial charge in [-0.1, -0.05) is 23.5 Å². The lowest BCUT2D eigenvalue weighted by molar-refractivity contribution is -0.139. The summed E-state index contributed by atoms with van der Waals surface area (Å²) in [5.74, 6) is 0.356. The van der Waals surface area contributed by atoms with Gasteiger partial charge in [-0.15, -0.1) is 0 Å². The number of likely N-dealkylation sites (tertiary alicyclic amines) is 1. The molecule has 3 aliphatic rings. The molecule has 1 N–H and O–H groups in total. The molecule has 5 rings (SSSR count). The number of carbonyl (C=O) groups is 1. The summed E-state index contributed by atoms with van der Waals surface area (Å²) < 4.78 is 1.22. The fourth-order valence-electron chi connectivity index (χ4n) is 5.23. The monoisotopic (exact) mass is 385 g/mol. The van der Waals surface area contributed by atoms with Crippen molar-refractivity contribution in [2.75, 3.05) is 24.5 Å². The minimum Gasteiger partial charge on any atom is -0.393 e. The Balaban J connectivity index is 1.35. The molecule has 1 saturated carbocycles. The van der Waals surface area contributed by atoms with Crippen LogP contribution in [0.3, 0.4) is 0 Å². The Kier molecular flexibility index (Phi) is 4.36. The van der Waals surface area contributed by atoms with E-state index in [1.165, 1.54) is 4.70 Å². The molecule has 1 aliphatic carbocycles. The lowest BCUT2D eigenvalue weighted by Gasteiger charge is -2.40. The average Bonchev–Trinajstić information content (AvgIpc) is 3.25. The van der Waals surface area contributed by atoms with Crippen molar-refractivity contribution in [1.29, 1.82) is 0 Å². The van der Waals surface area contributed by atoms with Crippen LogP contribution in [0.5, 0.6) is 0 Å². The maximum absolute atomic E-state index is 13.4. The van der Waals surface area contributed by atoms with E-state index in [1.54, 1.807) is 11.3 Å². The van der Waals surface area contributed by atoms with E-state index in [1.807, 2.05) is 6.07 Å². The summed E-state index contributed by atoms with van der Waals surface area (Å²) in [5.41, 5.74) is 0.823. The van der Waals surface area contributed by atoms with E-state index in [0.29, 0.717) is 11.9 Å². The number of carbonyl (C=O) groups excluding carboxylic acids is 1. The quantitative estimate of drug-likeness (QED) is 0.861. The van der Waals surface area contributed by atoms with E-state index in [0.717, 1.165) is 75.2 Å². The van der Waals surface area contributed by atoms with Crippen LogP contribution in [-0.2, 0) is 4.79 Å². The molecule has 6 heteroatoms. The number of aliphatic hydroxyl groups is 1. The number of piperidine rings is 1. The van der Waals surface area contributed by atoms with Crippen molar-refractivity contribution < 1.29 is 9.90 Å². The van der Waals surface area contributed by atoms with Crippen molar-refractivity contribution in [3.8, 4) is 0 Å². The number of amides is 1.